The predicted molar refractivity (Wildman–Crippen MR) is 137 cm³/mol. The van der Waals surface area contributed by atoms with Crippen molar-refractivity contribution in [3.63, 3.8) is 0 Å². The predicted octanol–water partition coefficient (Wildman–Crippen LogP) is 4.05. The average molecular weight is 495 g/mol. The molecule has 0 aromatic carbocycles. The Hall–Kier alpha value is -2.71. The number of cyclic esters (lactones) is 1. The third kappa shape index (κ3) is 3.44. The summed E-state index contributed by atoms with van der Waals surface area (Å²) in [6.07, 6.45) is 5.65. The zero-order valence-corrected chi connectivity index (χ0v) is 22.3. The fraction of sp³-hybridized carbons (Fsp3) is 0.519. The van der Waals surface area contributed by atoms with Gasteiger partial charge >= 0.3 is 5.97 Å². The monoisotopic (exact) mass is 494 g/mol. The van der Waals surface area contributed by atoms with Crippen molar-refractivity contribution in [2.75, 3.05) is 0 Å². The molecule has 5 rings (SSSR count). The minimum atomic E-state index is -2.09. The van der Waals surface area contributed by atoms with Crippen LogP contribution in [0.5, 0.6) is 0 Å². The van der Waals surface area contributed by atoms with Gasteiger partial charge in [-0.05, 0) is 40.8 Å². The van der Waals surface area contributed by atoms with Crippen molar-refractivity contribution < 1.29 is 19.7 Å². The van der Waals surface area contributed by atoms with Gasteiger partial charge in [-0.1, -0.05) is 52.1 Å². The zero-order valence-electron chi connectivity index (χ0n) is 21.3. The molecule has 8 heteroatoms. The number of carbonyl (C=O) groups is 1. The molecular weight excluding hydrogens is 460 g/mol. The standard InChI is InChI=1S/C27H34N2O5Si/c1-7-27(33)12-22(31)34-14-18-19(27)11-21-23-17(13-29(21)25(18)32)24(35(5,6)26(2,3)4)16-10-15(30)8-9-20(16)28-23/h8-11,16,20,30,33H,7,12-14H2,1-6H3/t16?,20?,27-/m1/s1. The maximum absolute atomic E-state index is 13.8. The number of dihydropyridines is 1. The third-order valence-corrected chi connectivity index (χ3v) is 14.5. The lowest BCUT2D eigenvalue weighted by molar-refractivity contribution is -0.149. The number of hydrogen-bond acceptors (Lipinski definition) is 6. The summed E-state index contributed by atoms with van der Waals surface area (Å²) < 4.78 is 7.02. The first-order chi connectivity index (χ1) is 16.3. The van der Waals surface area contributed by atoms with E-state index in [-0.39, 0.29) is 41.3 Å². The SMILES string of the molecule is CC[C@@]1(O)CC(=O)OCc2c1cc1n(c2=O)CC2=C([Si](C)(C)C(C)(C)C)C3C=C(O)C=CC3N=C21. The molecule has 0 saturated carbocycles. The molecular formula is C27H34N2O5Si. The number of hydrogen-bond donors (Lipinski definition) is 2. The highest BCUT2D eigenvalue weighted by Gasteiger charge is 2.49. The first-order valence-corrected chi connectivity index (χ1v) is 15.3. The second-order valence-corrected chi connectivity index (χ2v) is 17.0. The van der Waals surface area contributed by atoms with E-state index in [1.807, 2.05) is 25.1 Å². The maximum atomic E-state index is 13.8. The summed E-state index contributed by atoms with van der Waals surface area (Å²) in [6, 6.07) is 1.70. The summed E-state index contributed by atoms with van der Waals surface area (Å²) in [5.41, 5.74) is 1.66. The van der Waals surface area contributed by atoms with Crippen molar-refractivity contribution in [3.8, 4) is 0 Å². The van der Waals surface area contributed by atoms with Crippen LogP contribution in [-0.4, -0.2) is 40.6 Å². The summed E-state index contributed by atoms with van der Waals surface area (Å²) in [4.78, 5) is 31.0. The number of aliphatic imine (C=N–C) groups is 1. The van der Waals surface area contributed by atoms with Crippen LogP contribution in [0.3, 0.4) is 0 Å². The fourth-order valence-electron chi connectivity index (χ4n) is 5.78. The van der Waals surface area contributed by atoms with Crippen LogP contribution in [0, 0.1) is 5.92 Å². The zero-order chi connectivity index (χ0) is 25.5. The number of aliphatic hydroxyl groups is 2. The van der Waals surface area contributed by atoms with Crippen LogP contribution in [-0.2, 0) is 28.3 Å². The molecule has 186 valence electrons. The molecule has 4 aliphatic rings. The van der Waals surface area contributed by atoms with Crippen LogP contribution in [0.2, 0.25) is 18.1 Å². The Labute approximate surface area is 206 Å². The van der Waals surface area contributed by atoms with E-state index >= 15 is 0 Å². The van der Waals surface area contributed by atoms with Gasteiger partial charge in [-0.2, -0.15) is 0 Å². The third-order valence-electron chi connectivity index (χ3n) is 8.81. The molecule has 7 nitrogen and oxygen atoms in total. The van der Waals surface area contributed by atoms with E-state index in [4.69, 9.17) is 9.73 Å². The van der Waals surface area contributed by atoms with Crippen LogP contribution in [0.4, 0.5) is 0 Å². The van der Waals surface area contributed by atoms with E-state index in [0.29, 0.717) is 29.8 Å². The van der Waals surface area contributed by atoms with E-state index in [1.54, 1.807) is 10.6 Å². The van der Waals surface area contributed by atoms with Crippen molar-refractivity contribution in [1.82, 2.24) is 4.57 Å². The Kier molecular flexibility index (Phi) is 5.24. The van der Waals surface area contributed by atoms with Crippen molar-refractivity contribution in [3.05, 3.63) is 68.0 Å². The number of pyridine rings is 1. The molecule has 1 aromatic rings. The molecule has 2 N–H and O–H groups in total. The molecule has 3 atom stereocenters. The first-order valence-electron chi connectivity index (χ1n) is 12.3. The van der Waals surface area contributed by atoms with Gasteiger partial charge in [0.25, 0.3) is 5.56 Å². The van der Waals surface area contributed by atoms with Gasteiger partial charge in [0, 0.05) is 5.92 Å². The number of rotatable bonds is 2. The second kappa shape index (κ2) is 7.64. The van der Waals surface area contributed by atoms with Crippen molar-refractivity contribution in [1.29, 1.82) is 0 Å². The molecule has 4 heterocycles. The minimum absolute atomic E-state index is 0.0422. The van der Waals surface area contributed by atoms with Crippen molar-refractivity contribution in [2.24, 2.45) is 10.9 Å². The Morgan fingerprint density at radius 2 is 2.00 bits per heavy atom. The molecule has 0 fully saturated rings. The highest BCUT2D eigenvalue weighted by molar-refractivity contribution is 6.87. The number of fused-ring (bicyclic) bond motifs is 5. The number of allylic oxidation sites excluding steroid dienone is 2. The number of carbonyl (C=O) groups excluding carboxylic acids is 1. The average Bonchev–Trinajstić information content (AvgIpc) is 3.07. The Morgan fingerprint density at radius 3 is 2.66 bits per heavy atom. The maximum Gasteiger partial charge on any atom is 0.309 e. The summed E-state index contributed by atoms with van der Waals surface area (Å²) >= 11 is 0. The summed E-state index contributed by atoms with van der Waals surface area (Å²) in [5.74, 6) is -0.306. The van der Waals surface area contributed by atoms with E-state index in [0.717, 1.165) is 11.3 Å². The Bertz CT molecular complexity index is 1320. The molecule has 0 amide bonds. The quantitative estimate of drug-likeness (QED) is 0.477. The van der Waals surface area contributed by atoms with Gasteiger partial charge < -0.3 is 19.5 Å². The summed E-state index contributed by atoms with van der Waals surface area (Å²) in [5, 5.41) is 23.1. The lowest BCUT2D eigenvalue weighted by atomic mass is 9.85. The lowest BCUT2D eigenvalue weighted by Gasteiger charge is -2.45. The van der Waals surface area contributed by atoms with Crippen molar-refractivity contribution in [2.45, 2.75) is 83.5 Å². The molecule has 0 bridgehead atoms. The van der Waals surface area contributed by atoms with Gasteiger partial charge in [0.15, 0.2) is 0 Å². The molecule has 0 radical (unpaired) electrons. The lowest BCUT2D eigenvalue weighted by Crippen LogP contribution is -2.47. The minimum Gasteiger partial charge on any atom is -0.508 e. The second-order valence-electron chi connectivity index (χ2n) is 11.7. The number of ether oxygens (including phenoxy) is 1. The van der Waals surface area contributed by atoms with E-state index in [1.165, 1.54) is 5.20 Å². The van der Waals surface area contributed by atoms with Crippen LogP contribution >= 0.6 is 0 Å². The highest BCUT2D eigenvalue weighted by Crippen LogP contribution is 2.49. The van der Waals surface area contributed by atoms with Gasteiger partial charge in [0.05, 0.1) is 44.1 Å². The molecule has 0 spiro atoms. The summed E-state index contributed by atoms with van der Waals surface area (Å²) in [6.45, 7) is 13.6. The van der Waals surface area contributed by atoms with Gasteiger partial charge in [-0.15, -0.1) is 0 Å². The first kappa shape index (κ1) is 24.0. The van der Waals surface area contributed by atoms with E-state index in [2.05, 4.69) is 33.9 Å². The van der Waals surface area contributed by atoms with E-state index in [9.17, 15) is 19.8 Å². The fourth-order valence-corrected chi connectivity index (χ4v) is 8.62. The molecule has 3 aliphatic heterocycles. The molecule has 35 heavy (non-hydrogen) atoms. The van der Waals surface area contributed by atoms with Crippen LogP contribution in [0.15, 0.2) is 50.6 Å². The van der Waals surface area contributed by atoms with Gasteiger partial charge in [-0.25, -0.2) is 0 Å². The Morgan fingerprint density at radius 1 is 1.29 bits per heavy atom. The molecule has 1 aromatic heterocycles. The normalized spacial score (nSPS) is 27.8. The van der Waals surface area contributed by atoms with Crippen molar-refractivity contribution >= 4 is 19.8 Å². The summed E-state index contributed by atoms with van der Waals surface area (Å²) in [7, 11) is -2.09. The number of aliphatic hydroxyl groups excluding tert-OH is 1. The van der Waals surface area contributed by atoms with E-state index < -0.39 is 19.6 Å². The Balaban J connectivity index is 1.79. The van der Waals surface area contributed by atoms with Gasteiger partial charge in [0.2, 0.25) is 0 Å². The molecule has 2 unspecified atom stereocenters. The number of nitrogens with zero attached hydrogens (tertiary/aromatic N) is 2. The van der Waals surface area contributed by atoms with Crippen LogP contribution < -0.4 is 5.56 Å². The smallest absolute Gasteiger partial charge is 0.309 e. The molecule has 1 aliphatic carbocycles. The largest absolute Gasteiger partial charge is 0.508 e. The van der Waals surface area contributed by atoms with Gasteiger partial charge in [0.1, 0.15) is 18.0 Å². The number of aromatic nitrogens is 1. The van der Waals surface area contributed by atoms with Crippen LogP contribution in [0.25, 0.3) is 0 Å². The number of esters is 1. The topological polar surface area (TPSA) is 101 Å². The van der Waals surface area contributed by atoms with Gasteiger partial charge in [-0.3, -0.25) is 14.6 Å². The van der Waals surface area contributed by atoms with Crippen LogP contribution in [0.1, 0.15) is 57.4 Å². The highest BCUT2D eigenvalue weighted by atomic mass is 28.3. The molecule has 0 saturated heterocycles.